The van der Waals surface area contributed by atoms with Gasteiger partial charge >= 0.3 is 12.1 Å². The molecule has 12 nitrogen and oxygen atoms in total. The predicted octanol–water partition coefficient (Wildman–Crippen LogP) is 4.53. The van der Waals surface area contributed by atoms with Crippen LogP contribution in [0.2, 0.25) is 0 Å². The number of carboxylic acid groups (broad SMARTS) is 1. The quantitative estimate of drug-likeness (QED) is 0.309. The number of fused-ring (bicyclic) bond motifs is 2. The number of carbonyl (C=O) groups is 1. The number of aryl methyl sites for hydroxylation is 2. The lowest BCUT2D eigenvalue weighted by Crippen LogP contribution is -2.50. The molecule has 4 aromatic rings. The fourth-order valence-corrected chi connectivity index (χ4v) is 7.84. The van der Waals surface area contributed by atoms with Crippen molar-refractivity contribution in [1.29, 1.82) is 0 Å². The van der Waals surface area contributed by atoms with Crippen molar-refractivity contribution in [3.63, 3.8) is 0 Å². The molecule has 4 aromatic heterocycles. The number of hydrogen-bond donors (Lipinski definition) is 1. The van der Waals surface area contributed by atoms with E-state index in [1.165, 1.54) is 48.7 Å². The van der Waals surface area contributed by atoms with Crippen molar-refractivity contribution in [3.05, 3.63) is 76.6 Å². The number of nitrogens with zero attached hydrogens (tertiary/aromatic N) is 6. The Morgan fingerprint density at radius 1 is 1.11 bits per heavy atom. The van der Waals surface area contributed by atoms with E-state index in [-0.39, 0.29) is 29.5 Å². The Hall–Kier alpha value is -4.15. The molecule has 2 aliphatic heterocycles. The Morgan fingerprint density at radius 2 is 1.83 bits per heavy atom. The summed E-state index contributed by atoms with van der Waals surface area (Å²) in [5.41, 5.74) is -0.425. The highest BCUT2D eigenvalue weighted by molar-refractivity contribution is 7.89. The zero-order valence-electron chi connectivity index (χ0n) is 26.1. The molecule has 0 radical (unpaired) electrons. The van der Waals surface area contributed by atoms with E-state index in [1.807, 2.05) is 0 Å². The maximum Gasteiger partial charge on any atom is 0.452 e. The van der Waals surface area contributed by atoms with Gasteiger partial charge in [-0.25, -0.2) is 13.4 Å². The summed E-state index contributed by atoms with van der Waals surface area (Å²) in [6.07, 6.45) is -1.23. The normalized spacial score (nSPS) is 18.8. The third-order valence-corrected chi connectivity index (χ3v) is 10.9. The molecule has 6 heterocycles. The molecular weight excluding hydrogens is 641 g/mol. The van der Waals surface area contributed by atoms with Gasteiger partial charge in [0.1, 0.15) is 10.5 Å². The van der Waals surface area contributed by atoms with Crippen molar-refractivity contribution in [3.8, 4) is 5.88 Å². The van der Waals surface area contributed by atoms with Crippen molar-refractivity contribution < 1.29 is 41.0 Å². The maximum atomic E-state index is 14.1. The van der Waals surface area contributed by atoms with E-state index in [1.54, 1.807) is 26.0 Å². The lowest BCUT2D eigenvalue weighted by atomic mass is 9.72. The third kappa shape index (κ3) is 5.71. The number of ether oxygens (including phenoxy) is 2. The number of alkyl halides is 3. The molecule has 1 atom stereocenters. The first-order valence-corrected chi connectivity index (χ1v) is 16.3. The van der Waals surface area contributed by atoms with E-state index in [0.717, 1.165) is 4.40 Å². The van der Waals surface area contributed by atoms with Crippen LogP contribution in [0.4, 0.5) is 13.2 Å². The molecular formula is C31H33F3N6O6S. The molecule has 6 rings (SSSR count). The predicted molar refractivity (Wildman–Crippen MR) is 160 cm³/mol. The van der Waals surface area contributed by atoms with Gasteiger partial charge in [0.15, 0.2) is 5.65 Å². The minimum atomic E-state index is -4.75. The van der Waals surface area contributed by atoms with Crippen molar-refractivity contribution in [2.75, 3.05) is 19.8 Å². The summed E-state index contributed by atoms with van der Waals surface area (Å²) >= 11 is 0. The summed E-state index contributed by atoms with van der Waals surface area (Å²) < 4.78 is 82.9. The molecule has 1 saturated heterocycles. The SMILES string of the molecule is Cc1ccc([C@H](c2ccn3c(C(F)(F)F)nnc3c2C)C(C)(C)C(=O)O)nc1CN1CC2(CCOCC2)Oc2ncccc2S1(=O)=O. The monoisotopic (exact) mass is 674 g/mol. The summed E-state index contributed by atoms with van der Waals surface area (Å²) in [4.78, 5) is 21.7. The number of aliphatic carboxylic acids is 1. The molecule has 16 heteroatoms. The number of carboxylic acids is 1. The minimum Gasteiger partial charge on any atom is -0.481 e. The topological polar surface area (TPSA) is 149 Å². The van der Waals surface area contributed by atoms with Gasteiger partial charge in [0.05, 0.1) is 37.4 Å². The van der Waals surface area contributed by atoms with Gasteiger partial charge in [-0.3, -0.25) is 14.2 Å². The Balaban J connectivity index is 1.46. The van der Waals surface area contributed by atoms with Crippen LogP contribution in [-0.2, 0) is 32.3 Å². The number of pyridine rings is 3. The fraction of sp³-hybridized carbons (Fsp3) is 0.452. The van der Waals surface area contributed by atoms with E-state index in [0.29, 0.717) is 54.1 Å². The van der Waals surface area contributed by atoms with Gasteiger partial charge in [-0.1, -0.05) is 6.07 Å². The average Bonchev–Trinajstić information content (AvgIpc) is 3.43. The standard InChI is InChI=1S/C31H33F3N6O6S/c1-18-7-8-21(24(29(3,4)28(41)42)20-9-13-40-25(19(20)2)37-38-27(40)31(32,33)34)36-22(18)16-39-17-30(10-14-45-15-11-30)46-26-23(47(39,43)44)6-5-12-35-26/h5-9,12-13,24H,10-11,14-17H2,1-4H3,(H,41,42)/t24-/m0/s1. The summed E-state index contributed by atoms with van der Waals surface area (Å²) in [7, 11) is -4.12. The lowest BCUT2D eigenvalue weighted by molar-refractivity contribution is -0.147. The number of sulfonamides is 1. The molecule has 0 amide bonds. The zero-order valence-corrected chi connectivity index (χ0v) is 26.9. The van der Waals surface area contributed by atoms with Gasteiger partial charge in [0.25, 0.3) is 0 Å². The fourth-order valence-electron chi connectivity index (χ4n) is 6.30. The van der Waals surface area contributed by atoms with E-state index >= 15 is 0 Å². The van der Waals surface area contributed by atoms with Crippen LogP contribution in [0.15, 0.2) is 47.6 Å². The number of hydrogen-bond acceptors (Lipinski definition) is 9. The molecule has 1 fully saturated rings. The number of aromatic nitrogens is 5. The van der Waals surface area contributed by atoms with Crippen LogP contribution in [0.3, 0.4) is 0 Å². The molecule has 0 saturated carbocycles. The smallest absolute Gasteiger partial charge is 0.452 e. The van der Waals surface area contributed by atoms with Gasteiger partial charge in [0, 0.05) is 36.8 Å². The van der Waals surface area contributed by atoms with Crippen LogP contribution in [0, 0.1) is 19.3 Å². The van der Waals surface area contributed by atoms with Crippen molar-refractivity contribution in [2.45, 2.75) is 69.7 Å². The molecule has 47 heavy (non-hydrogen) atoms. The summed E-state index contributed by atoms with van der Waals surface area (Å²) in [5.74, 6) is -3.31. The summed E-state index contributed by atoms with van der Waals surface area (Å²) in [6, 6.07) is 7.78. The average molecular weight is 675 g/mol. The first kappa shape index (κ1) is 32.8. The number of rotatable bonds is 6. The summed E-state index contributed by atoms with van der Waals surface area (Å²) in [5, 5.41) is 17.4. The first-order valence-electron chi connectivity index (χ1n) is 14.9. The molecule has 250 valence electrons. The van der Waals surface area contributed by atoms with E-state index < -0.39 is 44.9 Å². The van der Waals surface area contributed by atoms with Gasteiger partial charge in [-0.05, 0) is 68.7 Å². The highest BCUT2D eigenvalue weighted by atomic mass is 32.2. The largest absolute Gasteiger partial charge is 0.481 e. The van der Waals surface area contributed by atoms with Crippen molar-refractivity contribution in [2.24, 2.45) is 5.41 Å². The number of halogens is 3. The van der Waals surface area contributed by atoms with E-state index in [4.69, 9.17) is 14.5 Å². The molecule has 0 aliphatic carbocycles. The van der Waals surface area contributed by atoms with Crippen molar-refractivity contribution >= 4 is 21.6 Å². The second-order valence-corrected chi connectivity index (χ2v) is 14.5. The molecule has 1 N–H and O–H groups in total. The van der Waals surface area contributed by atoms with Crippen LogP contribution in [0.1, 0.15) is 66.5 Å². The van der Waals surface area contributed by atoms with Gasteiger partial charge in [-0.15, -0.1) is 10.2 Å². The highest BCUT2D eigenvalue weighted by Gasteiger charge is 2.46. The summed E-state index contributed by atoms with van der Waals surface area (Å²) in [6.45, 7) is 6.97. The lowest BCUT2D eigenvalue weighted by Gasteiger charge is -2.38. The van der Waals surface area contributed by atoms with Crippen LogP contribution >= 0.6 is 0 Å². The third-order valence-electron chi connectivity index (χ3n) is 9.09. The second kappa shape index (κ2) is 11.5. The van der Waals surface area contributed by atoms with E-state index in [9.17, 15) is 31.5 Å². The Kier molecular flexibility index (Phi) is 8.04. The Labute approximate surface area is 268 Å². The van der Waals surface area contributed by atoms with E-state index in [2.05, 4.69) is 15.2 Å². The molecule has 2 aliphatic rings. The highest BCUT2D eigenvalue weighted by Crippen LogP contribution is 2.44. The molecule has 0 bridgehead atoms. The molecule has 0 unspecified atom stereocenters. The van der Waals surface area contributed by atoms with Crippen LogP contribution in [0.25, 0.3) is 5.65 Å². The Morgan fingerprint density at radius 3 is 2.51 bits per heavy atom. The van der Waals surface area contributed by atoms with Gasteiger partial charge in [0.2, 0.25) is 21.7 Å². The maximum absolute atomic E-state index is 14.1. The Bertz CT molecular complexity index is 1970. The van der Waals surface area contributed by atoms with Crippen molar-refractivity contribution in [1.82, 2.24) is 28.9 Å². The first-order chi connectivity index (χ1) is 22.0. The zero-order chi connectivity index (χ0) is 33.9. The van der Waals surface area contributed by atoms with Crippen LogP contribution in [0.5, 0.6) is 5.88 Å². The van der Waals surface area contributed by atoms with Gasteiger partial charge < -0.3 is 14.6 Å². The molecule has 1 spiro atoms. The minimum absolute atomic E-state index is 0.00858. The van der Waals surface area contributed by atoms with Crippen LogP contribution in [-0.4, -0.2) is 73.7 Å². The van der Waals surface area contributed by atoms with Gasteiger partial charge in [-0.2, -0.15) is 17.5 Å². The molecule has 0 aromatic carbocycles. The van der Waals surface area contributed by atoms with Crippen LogP contribution < -0.4 is 4.74 Å². The second-order valence-electron chi connectivity index (χ2n) is 12.5.